The highest BCUT2D eigenvalue weighted by Gasteiger charge is 2.41. The number of hydrogen-bond acceptors (Lipinski definition) is 4. The topological polar surface area (TPSA) is 87.2 Å². The maximum Gasteiger partial charge on any atom is 0.245 e. The van der Waals surface area contributed by atoms with Crippen molar-refractivity contribution in [3.63, 3.8) is 0 Å². The summed E-state index contributed by atoms with van der Waals surface area (Å²) in [5, 5.41) is 8.81. The fourth-order valence-corrected chi connectivity index (χ4v) is 5.03. The molecule has 2 atom stereocenters. The summed E-state index contributed by atoms with van der Waals surface area (Å²) in [6.45, 7) is 1.21. The molecule has 1 aliphatic heterocycles. The van der Waals surface area contributed by atoms with Gasteiger partial charge in [0.05, 0.1) is 17.3 Å². The Morgan fingerprint density at radius 1 is 1.25 bits per heavy atom. The Morgan fingerprint density at radius 3 is 2.45 bits per heavy atom. The van der Waals surface area contributed by atoms with Gasteiger partial charge in [-0.3, -0.25) is 0 Å². The molecular weight excluding hydrogens is 274 g/mol. The van der Waals surface area contributed by atoms with Crippen molar-refractivity contribution in [1.82, 2.24) is 4.31 Å². The highest BCUT2D eigenvalue weighted by molar-refractivity contribution is 7.89. The number of nitrogen functional groups attached to an aromatic ring is 1. The molecule has 0 radical (unpaired) electrons. The quantitative estimate of drug-likeness (QED) is 0.838. The van der Waals surface area contributed by atoms with Gasteiger partial charge in [0.15, 0.2) is 0 Å². The molecule has 1 saturated heterocycles. The molecule has 106 valence electrons. The van der Waals surface area contributed by atoms with Crippen LogP contribution in [-0.4, -0.2) is 25.8 Å². The summed E-state index contributed by atoms with van der Waals surface area (Å²) >= 11 is 0. The van der Waals surface area contributed by atoms with Gasteiger partial charge < -0.3 is 5.73 Å². The standard InChI is InChI=1S/C14H17N3O2S/c15-7-10-4-5-14(13(16)6-10)20(18,19)17-8-11-2-1-3-12(11)9-17/h4-6,11-12H,1-3,8-9,16H2. The van der Waals surface area contributed by atoms with Crippen molar-refractivity contribution < 1.29 is 8.42 Å². The van der Waals surface area contributed by atoms with Crippen LogP contribution in [0, 0.1) is 23.2 Å². The van der Waals surface area contributed by atoms with Gasteiger partial charge in [0, 0.05) is 13.1 Å². The smallest absolute Gasteiger partial charge is 0.245 e. The highest BCUT2D eigenvalue weighted by Crippen LogP contribution is 2.40. The van der Waals surface area contributed by atoms with E-state index in [-0.39, 0.29) is 10.6 Å². The van der Waals surface area contributed by atoms with Gasteiger partial charge in [-0.2, -0.15) is 9.57 Å². The lowest BCUT2D eigenvalue weighted by atomic mass is 10.0. The van der Waals surface area contributed by atoms with Crippen LogP contribution in [0.1, 0.15) is 24.8 Å². The predicted octanol–water partition coefficient (Wildman–Crippen LogP) is 1.56. The third-order valence-electron chi connectivity index (χ3n) is 4.45. The van der Waals surface area contributed by atoms with E-state index >= 15 is 0 Å². The van der Waals surface area contributed by atoms with Crippen LogP contribution in [0.2, 0.25) is 0 Å². The molecule has 3 rings (SSSR count). The zero-order valence-electron chi connectivity index (χ0n) is 11.1. The minimum absolute atomic E-state index is 0.122. The summed E-state index contributed by atoms with van der Waals surface area (Å²) in [5.74, 6) is 1.01. The third kappa shape index (κ3) is 2.07. The molecule has 2 aliphatic rings. The first-order valence-electron chi connectivity index (χ1n) is 6.82. The minimum Gasteiger partial charge on any atom is -0.398 e. The molecule has 1 aromatic carbocycles. The molecule has 0 spiro atoms. The van der Waals surface area contributed by atoms with Gasteiger partial charge in [-0.15, -0.1) is 0 Å². The highest BCUT2D eigenvalue weighted by atomic mass is 32.2. The molecule has 1 aromatic rings. The van der Waals surface area contributed by atoms with Crippen molar-refractivity contribution in [3.05, 3.63) is 23.8 Å². The van der Waals surface area contributed by atoms with Crippen LogP contribution in [0.4, 0.5) is 5.69 Å². The normalized spacial score (nSPS) is 26.4. The van der Waals surface area contributed by atoms with E-state index in [0.717, 1.165) is 12.8 Å². The fourth-order valence-electron chi connectivity index (χ4n) is 3.38. The number of benzene rings is 1. The summed E-state index contributed by atoms with van der Waals surface area (Å²) in [6, 6.07) is 6.32. The van der Waals surface area contributed by atoms with Crippen molar-refractivity contribution in [2.45, 2.75) is 24.2 Å². The molecule has 2 fully saturated rings. The van der Waals surface area contributed by atoms with E-state index in [1.807, 2.05) is 6.07 Å². The first-order valence-corrected chi connectivity index (χ1v) is 8.26. The van der Waals surface area contributed by atoms with Gasteiger partial charge in [0.25, 0.3) is 0 Å². The van der Waals surface area contributed by atoms with E-state index in [2.05, 4.69) is 0 Å². The second kappa shape index (κ2) is 4.76. The van der Waals surface area contributed by atoms with E-state index in [1.54, 1.807) is 4.31 Å². The number of hydrogen-bond donors (Lipinski definition) is 1. The Hall–Kier alpha value is -1.58. The first kappa shape index (κ1) is 13.4. The second-order valence-corrected chi connectivity index (χ2v) is 7.54. The Labute approximate surface area is 119 Å². The Kier molecular flexibility index (Phi) is 3.19. The van der Waals surface area contributed by atoms with Crippen molar-refractivity contribution in [3.8, 4) is 6.07 Å². The molecule has 6 heteroatoms. The van der Waals surface area contributed by atoms with Crippen LogP contribution in [-0.2, 0) is 10.0 Å². The third-order valence-corrected chi connectivity index (χ3v) is 6.36. The van der Waals surface area contributed by atoms with Crippen LogP contribution in [0.25, 0.3) is 0 Å². The predicted molar refractivity (Wildman–Crippen MR) is 75.2 cm³/mol. The summed E-state index contributed by atoms with van der Waals surface area (Å²) in [4.78, 5) is 0.122. The Bertz CT molecular complexity index is 666. The molecule has 2 N–H and O–H groups in total. The maximum atomic E-state index is 12.6. The number of anilines is 1. The van der Waals surface area contributed by atoms with E-state index < -0.39 is 10.0 Å². The Balaban J connectivity index is 1.91. The van der Waals surface area contributed by atoms with E-state index in [9.17, 15) is 8.42 Å². The lowest BCUT2D eigenvalue weighted by molar-refractivity contribution is 0.446. The van der Waals surface area contributed by atoms with Crippen LogP contribution in [0.3, 0.4) is 0 Å². The fraction of sp³-hybridized carbons (Fsp3) is 0.500. The summed E-state index contributed by atoms with van der Waals surface area (Å²) in [6.07, 6.45) is 3.46. The van der Waals surface area contributed by atoms with Crippen LogP contribution in [0.5, 0.6) is 0 Å². The zero-order valence-corrected chi connectivity index (χ0v) is 11.9. The molecule has 1 aliphatic carbocycles. The van der Waals surface area contributed by atoms with Crippen LogP contribution in [0.15, 0.2) is 23.1 Å². The molecule has 5 nitrogen and oxygen atoms in total. The number of nitriles is 1. The number of nitrogens with two attached hydrogens (primary N) is 1. The number of fused-ring (bicyclic) bond motifs is 1. The van der Waals surface area contributed by atoms with Gasteiger partial charge in [0.2, 0.25) is 10.0 Å². The molecule has 1 heterocycles. The summed E-state index contributed by atoms with van der Waals surface area (Å²) < 4.78 is 26.9. The molecule has 0 bridgehead atoms. The van der Waals surface area contributed by atoms with Crippen molar-refractivity contribution >= 4 is 15.7 Å². The van der Waals surface area contributed by atoms with Crippen molar-refractivity contribution in [2.24, 2.45) is 11.8 Å². The van der Waals surface area contributed by atoms with E-state index in [4.69, 9.17) is 11.0 Å². The van der Waals surface area contributed by atoms with Crippen molar-refractivity contribution in [2.75, 3.05) is 18.8 Å². The second-order valence-electron chi connectivity index (χ2n) is 5.64. The van der Waals surface area contributed by atoms with Gasteiger partial charge in [0.1, 0.15) is 4.90 Å². The molecular formula is C14H17N3O2S. The monoisotopic (exact) mass is 291 g/mol. The average Bonchev–Trinajstić information content (AvgIpc) is 2.99. The summed E-state index contributed by atoms with van der Waals surface area (Å²) in [7, 11) is -3.54. The molecule has 0 amide bonds. The lowest BCUT2D eigenvalue weighted by Crippen LogP contribution is -2.30. The van der Waals surface area contributed by atoms with Gasteiger partial charge in [-0.05, 0) is 42.9 Å². The van der Waals surface area contributed by atoms with Gasteiger partial charge >= 0.3 is 0 Å². The van der Waals surface area contributed by atoms with E-state index in [0.29, 0.717) is 30.5 Å². The zero-order chi connectivity index (χ0) is 14.3. The number of nitrogens with zero attached hydrogens (tertiary/aromatic N) is 2. The summed E-state index contributed by atoms with van der Waals surface area (Å²) in [5.41, 5.74) is 6.34. The van der Waals surface area contributed by atoms with Crippen molar-refractivity contribution in [1.29, 1.82) is 5.26 Å². The maximum absolute atomic E-state index is 12.6. The number of sulfonamides is 1. The minimum atomic E-state index is -3.54. The molecule has 0 aromatic heterocycles. The lowest BCUT2D eigenvalue weighted by Gasteiger charge is -2.18. The molecule has 20 heavy (non-hydrogen) atoms. The van der Waals surface area contributed by atoms with Gasteiger partial charge in [-0.1, -0.05) is 6.42 Å². The van der Waals surface area contributed by atoms with Crippen LogP contribution >= 0.6 is 0 Å². The largest absolute Gasteiger partial charge is 0.398 e. The average molecular weight is 291 g/mol. The molecule has 1 saturated carbocycles. The van der Waals surface area contributed by atoms with Gasteiger partial charge in [-0.25, -0.2) is 8.42 Å². The molecule has 2 unspecified atom stereocenters. The number of rotatable bonds is 2. The first-order chi connectivity index (χ1) is 9.52. The van der Waals surface area contributed by atoms with E-state index in [1.165, 1.54) is 24.6 Å². The Morgan fingerprint density at radius 2 is 1.90 bits per heavy atom. The van der Waals surface area contributed by atoms with Crippen LogP contribution < -0.4 is 5.73 Å². The SMILES string of the molecule is N#Cc1ccc(S(=O)(=O)N2CC3CCCC3C2)c(N)c1.